The second-order valence-electron chi connectivity index (χ2n) is 6.12. The number of benzene rings is 3. The lowest BCUT2D eigenvalue weighted by atomic mass is 10.1. The van der Waals surface area contributed by atoms with E-state index in [1.807, 2.05) is 30.3 Å². The van der Waals surface area contributed by atoms with Crippen LogP contribution in [0.5, 0.6) is 11.5 Å². The van der Waals surface area contributed by atoms with Gasteiger partial charge in [-0.1, -0.05) is 12.1 Å². The summed E-state index contributed by atoms with van der Waals surface area (Å²) >= 11 is 0. The van der Waals surface area contributed by atoms with Crippen molar-refractivity contribution in [2.24, 2.45) is 0 Å². The fourth-order valence-corrected chi connectivity index (χ4v) is 2.70. The number of hydrogen-bond acceptors (Lipinski definition) is 4. The molecular weight excluding hydrogens is 359 g/mol. The van der Waals surface area contributed by atoms with Crippen LogP contribution < -0.4 is 20.1 Å². The maximum Gasteiger partial charge on any atom is 0.228 e. The highest BCUT2D eigenvalue weighted by molar-refractivity contribution is 5.92. The second-order valence-corrected chi connectivity index (χ2v) is 6.12. The molecule has 3 aromatic rings. The number of methoxy groups -OCH3 is 2. The van der Waals surface area contributed by atoms with E-state index >= 15 is 0 Å². The number of carbonyl (C=O) groups excluding carboxylic acids is 1. The van der Waals surface area contributed by atoms with Gasteiger partial charge in [-0.25, -0.2) is 4.39 Å². The predicted molar refractivity (Wildman–Crippen MR) is 108 cm³/mol. The molecule has 6 heteroatoms. The third-order valence-electron chi connectivity index (χ3n) is 4.13. The normalized spacial score (nSPS) is 10.2. The number of anilines is 3. The highest BCUT2D eigenvalue weighted by Crippen LogP contribution is 2.31. The average Bonchev–Trinajstić information content (AvgIpc) is 2.71. The number of amides is 1. The molecule has 0 saturated carbocycles. The minimum absolute atomic E-state index is 0.165. The summed E-state index contributed by atoms with van der Waals surface area (Å²) in [4.78, 5) is 12.1. The van der Waals surface area contributed by atoms with Gasteiger partial charge in [-0.3, -0.25) is 4.79 Å². The average molecular weight is 380 g/mol. The lowest BCUT2D eigenvalue weighted by Crippen LogP contribution is -2.14. The molecule has 0 fully saturated rings. The molecule has 144 valence electrons. The van der Waals surface area contributed by atoms with E-state index < -0.39 is 0 Å². The molecule has 0 heterocycles. The number of carbonyl (C=O) groups is 1. The molecule has 0 unspecified atom stereocenters. The standard InChI is InChI=1S/C22H21FN2O3/c1-27-19-11-12-21(28-2)20(14-19)24-17-7-9-18(10-8-17)25-22(26)13-15-3-5-16(23)6-4-15/h3-12,14,24H,13H2,1-2H3,(H,25,26). The number of hydrogen-bond donors (Lipinski definition) is 2. The van der Waals surface area contributed by atoms with Gasteiger partial charge >= 0.3 is 0 Å². The van der Waals surface area contributed by atoms with Crippen LogP contribution in [-0.4, -0.2) is 20.1 Å². The van der Waals surface area contributed by atoms with Gasteiger partial charge in [0.2, 0.25) is 5.91 Å². The summed E-state index contributed by atoms with van der Waals surface area (Å²) < 4.78 is 23.5. The summed E-state index contributed by atoms with van der Waals surface area (Å²) in [6, 6.07) is 18.7. The number of nitrogens with one attached hydrogen (secondary N) is 2. The first-order valence-corrected chi connectivity index (χ1v) is 8.71. The maximum absolute atomic E-state index is 12.9. The van der Waals surface area contributed by atoms with Crippen molar-refractivity contribution >= 4 is 23.0 Å². The van der Waals surface area contributed by atoms with Crippen molar-refractivity contribution in [3.63, 3.8) is 0 Å². The lowest BCUT2D eigenvalue weighted by Gasteiger charge is -2.13. The Bertz CT molecular complexity index is 941. The van der Waals surface area contributed by atoms with Crippen LogP contribution in [0.25, 0.3) is 0 Å². The molecule has 0 radical (unpaired) electrons. The first-order chi connectivity index (χ1) is 13.6. The molecule has 1 amide bonds. The van der Waals surface area contributed by atoms with Crippen LogP contribution in [0.4, 0.5) is 21.5 Å². The van der Waals surface area contributed by atoms with Crippen LogP contribution in [0.15, 0.2) is 66.7 Å². The Labute approximate surface area is 163 Å². The SMILES string of the molecule is COc1ccc(OC)c(Nc2ccc(NC(=O)Cc3ccc(F)cc3)cc2)c1. The van der Waals surface area contributed by atoms with Gasteiger partial charge in [0.1, 0.15) is 17.3 Å². The van der Waals surface area contributed by atoms with Gasteiger partial charge in [-0.15, -0.1) is 0 Å². The second kappa shape index (κ2) is 8.90. The van der Waals surface area contributed by atoms with Crippen LogP contribution in [0.3, 0.4) is 0 Å². The highest BCUT2D eigenvalue weighted by atomic mass is 19.1. The van der Waals surface area contributed by atoms with E-state index in [1.165, 1.54) is 12.1 Å². The van der Waals surface area contributed by atoms with Crippen molar-refractivity contribution in [1.82, 2.24) is 0 Å². The van der Waals surface area contributed by atoms with Crippen molar-refractivity contribution in [2.45, 2.75) is 6.42 Å². The fraction of sp³-hybridized carbons (Fsp3) is 0.136. The van der Waals surface area contributed by atoms with Crippen molar-refractivity contribution in [3.8, 4) is 11.5 Å². The third kappa shape index (κ3) is 5.01. The van der Waals surface area contributed by atoms with Gasteiger partial charge < -0.3 is 20.1 Å². The molecular formula is C22H21FN2O3. The van der Waals surface area contributed by atoms with E-state index in [2.05, 4.69) is 10.6 Å². The predicted octanol–water partition coefficient (Wildman–Crippen LogP) is 4.77. The van der Waals surface area contributed by atoms with E-state index in [0.717, 1.165) is 16.9 Å². The smallest absolute Gasteiger partial charge is 0.228 e. The van der Waals surface area contributed by atoms with Gasteiger partial charge in [0, 0.05) is 17.4 Å². The molecule has 3 aromatic carbocycles. The molecule has 0 aliphatic carbocycles. The van der Waals surface area contributed by atoms with Crippen LogP contribution >= 0.6 is 0 Å². The summed E-state index contributed by atoms with van der Waals surface area (Å²) in [6.45, 7) is 0. The minimum Gasteiger partial charge on any atom is -0.497 e. The minimum atomic E-state index is -0.320. The quantitative estimate of drug-likeness (QED) is 0.620. The monoisotopic (exact) mass is 380 g/mol. The zero-order chi connectivity index (χ0) is 19.9. The van der Waals surface area contributed by atoms with E-state index in [9.17, 15) is 9.18 Å². The van der Waals surface area contributed by atoms with Gasteiger partial charge in [0.15, 0.2) is 0 Å². The van der Waals surface area contributed by atoms with Crippen LogP contribution in [0.1, 0.15) is 5.56 Å². The Morgan fingerprint density at radius 3 is 2.21 bits per heavy atom. The number of ether oxygens (including phenoxy) is 2. The van der Waals surface area contributed by atoms with Gasteiger partial charge in [0.25, 0.3) is 0 Å². The van der Waals surface area contributed by atoms with Crippen LogP contribution in [0, 0.1) is 5.82 Å². The van der Waals surface area contributed by atoms with E-state index in [0.29, 0.717) is 17.2 Å². The highest BCUT2D eigenvalue weighted by Gasteiger charge is 2.07. The zero-order valence-corrected chi connectivity index (χ0v) is 15.7. The molecule has 0 aliphatic heterocycles. The fourth-order valence-electron chi connectivity index (χ4n) is 2.70. The molecule has 0 aliphatic rings. The van der Waals surface area contributed by atoms with Crippen molar-refractivity contribution < 1.29 is 18.7 Å². The summed E-state index contributed by atoms with van der Waals surface area (Å²) in [5, 5.41) is 6.10. The molecule has 28 heavy (non-hydrogen) atoms. The Hall–Kier alpha value is -3.54. The summed E-state index contributed by atoms with van der Waals surface area (Å²) in [5.41, 5.74) is 3.04. The molecule has 0 spiro atoms. The third-order valence-corrected chi connectivity index (χ3v) is 4.13. The molecule has 0 saturated heterocycles. The van der Waals surface area contributed by atoms with Crippen LogP contribution in [-0.2, 0) is 11.2 Å². The topological polar surface area (TPSA) is 59.6 Å². The maximum atomic E-state index is 12.9. The molecule has 2 N–H and O–H groups in total. The molecule has 0 aromatic heterocycles. The van der Waals surface area contributed by atoms with Crippen LogP contribution in [0.2, 0.25) is 0 Å². The Morgan fingerprint density at radius 1 is 0.893 bits per heavy atom. The van der Waals surface area contributed by atoms with Gasteiger partial charge in [-0.05, 0) is 54.1 Å². The van der Waals surface area contributed by atoms with E-state index in [4.69, 9.17) is 9.47 Å². The molecule has 3 rings (SSSR count). The van der Waals surface area contributed by atoms with E-state index in [1.54, 1.807) is 38.5 Å². The Morgan fingerprint density at radius 2 is 1.57 bits per heavy atom. The number of rotatable bonds is 7. The summed E-state index contributed by atoms with van der Waals surface area (Å²) in [7, 11) is 3.21. The Balaban J connectivity index is 1.63. The largest absolute Gasteiger partial charge is 0.497 e. The summed E-state index contributed by atoms with van der Waals surface area (Å²) in [6.07, 6.45) is 0.182. The first kappa shape index (κ1) is 19.2. The molecule has 0 bridgehead atoms. The van der Waals surface area contributed by atoms with Crippen molar-refractivity contribution in [2.75, 3.05) is 24.9 Å². The molecule has 5 nitrogen and oxygen atoms in total. The van der Waals surface area contributed by atoms with Crippen molar-refractivity contribution in [3.05, 3.63) is 78.1 Å². The zero-order valence-electron chi connectivity index (χ0n) is 15.7. The number of halogens is 1. The van der Waals surface area contributed by atoms with Crippen molar-refractivity contribution in [1.29, 1.82) is 0 Å². The lowest BCUT2D eigenvalue weighted by molar-refractivity contribution is -0.115. The Kier molecular flexibility index (Phi) is 6.11. The summed E-state index contributed by atoms with van der Waals surface area (Å²) in [5.74, 6) is 0.923. The molecule has 0 atom stereocenters. The van der Waals surface area contributed by atoms with Gasteiger partial charge in [0.05, 0.1) is 26.3 Å². The van der Waals surface area contributed by atoms with Gasteiger partial charge in [-0.2, -0.15) is 0 Å². The van der Waals surface area contributed by atoms with E-state index in [-0.39, 0.29) is 18.1 Å². The first-order valence-electron chi connectivity index (χ1n) is 8.71.